The van der Waals surface area contributed by atoms with Crippen LogP contribution < -0.4 is 10.5 Å². The maximum absolute atomic E-state index is 13.1. The van der Waals surface area contributed by atoms with Crippen molar-refractivity contribution in [3.8, 4) is 5.75 Å². The Labute approximate surface area is 176 Å². The average molecular weight is 406 g/mol. The van der Waals surface area contributed by atoms with E-state index in [4.69, 9.17) is 20.2 Å². The zero-order chi connectivity index (χ0) is 21.5. The van der Waals surface area contributed by atoms with Gasteiger partial charge in [-0.25, -0.2) is 4.79 Å². The second kappa shape index (κ2) is 9.87. The van der Waals surface area contributed by atoms with E-state index in [1.54, 1.807) is 18.2 Å². The van der Waals surface area contributed by atoms with Crippen LogP contribution in [0, 0.1) is 0 Å². The molecule has 0 spiro atoms. The fourth-order valence-electron chi connectivity index (χ4n) is 3.46. The van der Waals surface area contributed by atoms with E-state index in [1.165, 1.54) is 0 Å². The molecule has 3 aromatic rings. The zero-order valence-corrected chi connectivity index (χ0v) is 17.3. The highest BCUT2D eigenvalue weighted by molar-refractivity contribution is 6.05. The van der Waals surface area contributed by atoms with Crippen LogP contribution in [-0.2, 0) is 29.0 Å². The maximum atomic E-state index is 13.1. The van der Waals surface area contributed by atoms with Crippen molar-refractivity contribution in [3.63, 3.8) is 0 Å². The van der Waals surface area contributed by atoms with Gasteiger partial charge in [0.25, 0.3) is 5.91 Å². The molecule has 0 atom stereocenters. The lowest BCUT2D eigenvalue weighted by atomic mass is 9.96. The molecular formula is C24H26N2O4. The molecule has 1 heterocycles. The van der Waals surface area contributed by atoms with E-state index in [0.717, 1.165) is 40.6 Å². The Hall–Kier alpha value is -3.41. The summed E-state index contributed by atoms with van der Waals surface area (Å²) in [6, 6.07) is 14.7. The second-order valence-corrected chi connectivity index (χ2v) is 7.01. The number of nitrogens with zero attached hydrogens (tertiary/aromatic N) is 1. The van der Waals surface area contributed by atoms with Crippen LogP contribution in [0.15, 0.2) is 48.5 Å². The molecule has 1 amide bonds. The minimum absolute atomic E-state index is 0.0928. The minimum atomic E-state index is -0.550. The highest BCUT2D eigenvalue weighted by Gasteiger charge is 2.20. The first kappa shape index (κ1) is 21.3. The van der Waals surface area contributed by atoms with Gasteiger partial charge in [-0.3, -0.25) is 9.78 Å². The lowest BCUT2D eigenvalue weighted by Gasteiger charge is -2.15. The summed E-state index contributed by atoms with van der Waals surface area (Å²) in [6.07, 6.45) is 2.46. The third kappa shape index (κ3) is 4.95. The van der Waals surface area contributed by atoms with Crippen molar-refractivity contribution in [1.29, 1.82) is 0 Å². The Kier molecular flexibility index (Phi) is 7.01. The third-order valence-corrected chi connectivity index (χ3v) is 4.77. The molecular weight excluding hydrogens is 380 g/mol. The summed E-state index contributed by atoms with van der Waals surface area (Å²) < 4.78 is 11.0. The van der Waals surface area contributed by atoms with Gasteiger partial charge in [0.15, 0.2) is 6.61 Å². The summed E-state index contributed by atoms with van der Waals surface area (Å²) in [5.41, 5.74) is 9.15. The fraction of sp³-hybridized carbons (Fsp3) is 0.292. The van der Waals surface area contributed by atoms with Crippen LogP contribution in [-0.4, -0.2) is 23.5 Å². The van der Waals surface area contributed by atoms with Crippen molar-refractivity contribution >= 4 is 22.8 Å². The molecule has 156 valence electrons. The predicted molar refractivity (Wildman–Crippen MR) is 115 cm³/mol. The SMILES string of the molecule is CCCc1nc2ccccc2c(C(=O)OCc2cccc(OCC(N)=O)c2)c1CC. The van der Waals surface area contributed by atoms with Gasteiger partial charge in [0, 0.05) is 11.1 Å². The van der Waals surface area contributed by atoms with Gasteiger partial charge >= 0.3 is 5.97 Å². The summed E-state index contributed by atoms with van der Waals surface area (Å²) in [5.74, 6) is -0.422. The van der Waals surface area contributed by atoms with Gasteiger partial charge in [-0.2, -0.15) is 0 Å². The molecule has 6 nitrogen and oxygen atoms in total. The summed E-state index contributed by atoms with van der Waals surface area (Å²) >= 11 is 0. The zero-order valence-electron chi connectivity index (χ0n) is 17.3. The van der Waals surface area contributed by atoms with E-state index < -0.39 is 5.91 Å². The molecule has 0 bridgehead atoms. The van der Waals surface area contributed by atoms with Crippen molar-refractivity contribution in [1.82, 2.24) is 4.98 Å². The van der Waals surface area contributed by atoms with Crippen molar-refractivity contribution in [2.75, 3.05) is 6.61 Å². The maximum Gasteiger partial charge on any atom is 0.339 e. The summed E-state index contributed by atoms with van der Waals surface area (Å²) in [6.45, 7) is 4.02. The normalized spacial score (nSPS) is 10.7. The number of para-hydroxylation sites is 1. The fourth-order valence-corrected chi connectivity index (χ4v) is 3.46. The number of amides is 1. The third-order valence-electron chi connectivity index (χ3n) is 4.77. The van der Waals surface area contributed by atoms with Gasteiger partial charge < -0.3 is 15.2 Å². The highest BCUT2D eigenvalue weighted by Crippen LogP contribution is 2.26. The smallest absolute Gasteiger partial charge is 0.339 e. The van der Waals surface area contributed by atoms with Crippen LogP contribution in [0.3, 0.4) is 0 Å². The van der Waals surface area contributed by atoms with Crippen molar-refractivity contribution in [3.05, 3.63) is 70.9 Å². The number of benzene rings is 2. The Morgan fingerprint density at radius 1 is 1.07 bits per heavy atom. The standard InChI is InChI=1S/C24H26N2O4/c1-3-8-20-18(4-2)23(19-11-5-6-12-21(19)26-20)24(28)30-14-16-9-7-10-17(13-16)29-15-22(25)27/h5-7,9-13H,3-4,8,14-15H2,1-2H3,(H2,25,27). The van der Waals surface area contributed by atoms with Crippen LogP contribution in [0.2, 0.25) is 0 Å². The molecule has 1 aromatic heterocycles. The molecule has 0 unspecified atom stereocenters. The van der Waals surface area contributed by atoms with Crippen molar-refractivity contribution in [2.24, 2.45) is 5.73 Å². The Morgan fingerprint density at radius 2 is 1.87 bits per heavy atom. The quantitative estimate of drug-likeness (QED) is 0.543. The van der Waals surface area contributed by atoms with E-state index in [1.807, 2.05) is 37.3 Å². The molecule has 0 aliphatic heterocycles. The van der Waals surface area contributed by atoms with Gasteiger partial charge in [-0.15, -0.1) is 0 Å². The number of carbonyl (C=O) groups excluding carboxylic acids is 2. The molecule has 0 aliphatic rings. The number of primary amides is 1. The first-order chi connectivity index (χ1) is 14.5. The number of aryl methyl sites for hydroxylation is 1. The number of aromatic nitrogens is 1. The van der Waals surface area contributed by atoms with Gasteiger partial charge in [0.2, 0.25) is 0 Å². The lowest BCUT2D eigenvalue weighted by molar-refractivity contribution is -0.119. The van der Waals surface area contributed by atoms with Gasteiger partial charge in [0.1, 0.15) is 12.4 Å². The topological polar surface area (TPSA) is 91.5 Å². The van der Waals surface area contributed by atoms with Crippen LogP contribution in [0.1, 0.15) is 47.4 Å². The van der Waals surface area contributed by atoms with Crippen LogP contribution >= 0.6 is 0 Å². The van der Waals surface area contributed by atoms with Gasteiger partial charge in [-0.05, 0) is 42.2 Å². The number of hydrogen-bond acceptors (Lipinski definition) is 5. The Bertz CT molecular complexity index is 1060. The number of hydrogen-bond donors (Lipinski definition) is 1. The lowest BCUT2D eigenvalue weighted by Crippen LogP contribution is -2.20. The second-order valence-electron chi connectivity index (χ2n) is 7.01. The number of carbonyl (C=O) groups is 2. The van der Waals surface area contributed by atoms with Crippen LogP contribution in [0.5, 0.6) is 5.75 Å². The van der Waals surface area contributed by atoms with E-state index >= 15 is 0 Å². The van der Waals surface area contributed by atoms with E-state index in [9.17, 15) is 9.59 Å². The molecule has 30 heavy (non-hydrogen) atoms. The monoisotopic (exact) mass is 406 g/mol. The molecule has 2 N–H and O–H groups in total. The van der Waals surface area contributed by atoms with E-state index in [-0.39, 0.29) is 19.2 Å². The predicted octanol–water partition coefficient (Wildman–Crippen LogP) is 3.97. The summed E-state index contributed by atoms with van der Waals surface area (Å²) in [5, 5.41) is 0.803. The Balaban J connectivity index is 1.86. The number of fused-ring (bicyclic) bond motifs is 1. The van der Waals surface area contributed by atoms with Crippen molar-refractivity contribution < 1.29 is 19.1 Å². The number of nitrogens with two attached hydrogens (primary N) is 1. The molecule has 3 rings (SSSR count). The Morgan fingerprint density at radius 3 is 2.60 bits per heavy atom. The molecule has 0 saturated heterocycles. The molecule has 0 aliphatic carbocycles. The number of ether oxygens (including phenoxy) is 2. The first-order valence-electron chi connectivity index (χ1n) is 10.1. The molecule has 0 saturated carbocycles. The summed E-state index contributed by atoms with van der Waals surface area (Å²) in [7, 11) is 0. The number of rotatable bonds is 9. The highest BCUT2D eigenvalue weighted by atomic mass is 16.5. The van der Waals surface area contributed by atoms with E-state index in [0.29, 0.717) is 17.7 Å². The molecule has 2 aromatic carbocycles. The van der Waals surface area contributed by atoms with Gasteiger partial charge in [-0.1, -0.05) is 50.6 Å². The molecule has 0 fully saturated rings. The first-order valence-corrected chi connectivity index (χ1v) is 10.1. The van der Waals surface area contributed by atoms with Gasteiger partial charge in [0.05, 0.1) is 11.1 Å². The largest absolute Gasteiger partial charge is 0.484 e. The molecule has 0 radical (unpaired) electrons. The minimum Gasteiger partial charge on any atom is -0.484 e. The number of esters is 1. The van der Waals surface area contributed by atoms with Crippen LogP contribution in [0.4, 0.5) is 0 Å². The van der Waals surface area contributed by atoms with Crippen molar-refractivity contribution in [2.45, 2.75) is 39.7 Å². The average Bonchev–Trinajstić information content (AvgIpc) is 2.75. The summed E-state index contributed by atoms with van der Waals surface area (Å²) in [4.78, 5) is 28.8. The van der Waals surface area contributed by atoms with Crippen LogP contribution in [0.25, 0.3) is 10.9 Å². The number of pyridine rings is 1. The molecule has 6 heteroatoms. The van der Waals surface area contributed by atoms with E-state index in [2.05, 4.69) is 6.92 Å².